The average molecular weight is 325 g/mol. The van der Waals surface area contributed by atoms with Gasteiger partial charge in [-0.05, 0) is 18.2 Å². The Bertz CT molecular complexity index is 857. The van der Waals surface area contributed by atoms with Crippen LogP contribution < -0.4 is 10.6 Å². The molecule has 0 aliphatic heterocycles. The number of para-hydroxylation sites is 2. The van der Waals surface area contributed by atoms with Crippen LogP contribution in [0.1, 0.15) is 5.69 Å². The molecule has 0 aliphatic carbocycles. The van der Waals surface area contributed by atoms with Crippen LogP contribution in [-0.2, 0) is 6.42 Å². The zero-order valence-electron chi connectivity index (χ0n) is 12.7. The van der Waals surface area contributed by atoms with Crippen LogP contribution in [0.5, 0.6) is 0 Å². The maximum atomic E-state index is 11.9. The van der Waals surface area contributed by atoms with E-state index >= 15 is 0 Å². The standard InChI is InChI=1S/C16H15N5O3/c22-16(19-13-5-1-2-6-14(13)21(23)24)17-9-8-12-11-20-10-4-3-7-15(20)18-12/h1-7,10-11H,8-9H2,(H2,17,19,22). The van der Waals surface area contributed by atoms with Crippen LogP contribution >= 0.6 is 0 Å². The van der Waals surface area contributed by atoms with E-state index in [1.807, 2.05) is 35.0 Å². The van der Waals surface area contributed by atoms with Crippen LogP contribution in [-0.4, -0.2) is 26.9 Å². The van der Waals surface area contributed by atoms with E-state index in [1.165, 1.54) is 12.1 Å². The summed E-state index contributed by atoms with van der Waals surface area (Å²) in [7, 11) is 0. The first-order valence-corrected chi connectivity index (χ1v) is 7.34. The fraction of sp³-hybridized carbons (Fsp3) is 0.125. The molecule has 8 heteroatoms. The van der Waals surface area contributed by atoms with Gasteiger partial charge in [0.1, 0.15) is 11.3 Å². The third-order valence-electron chi connectivity index (χ3n) is 3.43. The largest absolute Gasteiger partial charge is 0.337 e. The highest BCUT2D eigenvalue weighted by molar-refractivity contribution is 5.91. The number of anilines is 1. The van der Waals surface area contributed by atoms with Crippen molar-refractivity contribution in [3.63, 3.8) is 0 Å². The molecule has 3 aromatic rings. The summed E-state index contributed by atoms with van der Waals surface area (Å²) in [5.41, 5.74) is 1.71. The molecule has 8 nitrogen and oxygen atoms in total. The Hall–Kier alpha value is -3.42. The molecule has 0 bridgehead atoms. The van der Waals surface area contributed by atoms with E-state index in [2.05, 4.69) is 15.6 Å². The monoisotopic (exact) mass is 325 g/mol. The number of rotatable bonds is 5. The van der Waals surface area contributed by atoms with Gasteiger partial charge >= 0.3 is 6.03 Å². The van der Waals surface area contributed by atoms with Crippen molar-refractivity contribution >= 4 is 23.1 Å². The second-order valence-electron chi connectivity index (χ2n) is 5.10. The molecule has 3 rings (SSSR count). The van der Waals surface area contributed by atoms with Crippen LogP contribution in [0.2, 0.25) is 0 Å². The number of nitrogens with zero attached hydrogens (tertiary/aromatic N) is 3. The van der Waals surface area contributed by atoms with Gasteiger partial charge in [0.05, 0.1) is 10.6 Å². The summed E-state index contributed by atoms with van der Waals surface area (Å²) >= 11 is 0. The Morgan fingerprint density at radius 2 is 2.00 bits per heavy atom. The van der Waals surface area contributed by atoms with Crippen LogP contribution in [0.4, 0.5) is 16.2 Å². The van der Waals surface area contributed by atoms with Crippen LogP contribution in [0, 0.1) is 10.1 Å². The average Bonchev–Trinajstić information content (AvgIpc) is 2.97. The summed E-state index contributed by atoms with van der Waals surface area (Å²) in [6.45, 7) is 0.371. The van der Waals surface area contributed by atoms with E-state index in [1.54, 1.807) is 12.1 Å². The zero-order valence-corrected chi connectivity index (χ0v) is 12.7. The number of nitrogens with one attached hydrogen (secondary N) is 2. The summed E-state index contributed by atoms with van der Waals surface area (Å²) in [5, 5.41) is 16.1. The van der Waals surface area contributed by atoms with Gasteiger partial charge in [-0.3, -0.25) is 10.1 Å². The quantitative estimate of drug-likeness (QED) is 0.556. The van der Waals surface area contributed by atoms with E-state index in [-0.39, 0.29) is 11.4 Å². The third kappa shape index (κ3) is 3.49. The Kier molecular flexibility index (Phi) is 4.37. The Morgan fingerprint density at radius 1 is 1.21 bits per heavy atom. The van der Waals surface area contributed by atoms with Gasteiger partial charge < -0.3 is 15.0 Å². The van der Waals surface area contributed by atoms with Crippen molar-refractivity contribution in [3.05, 3.63) is 70.7 Å². The maximum absolute atomic E-state index is 11.9. The number of carbonyl (C=O) groups is 1. The lowest BCUT2D eigenvalue weighted by atomic mass is 10.3. The zero-order chi connectivity index (χ0) is 16.9. The maximum Gasteiger partial charge on any atom is 0.319 e. The third-order valence-corrected chi connectivity index (χ3v) is 3.43. The van der Waals surface area contributed by atoms with Gasteiger partial charge in [0, 0.05) is 31.4 Å². The molecule has 0 saturated heterocycles. The van der Waals surface area contributed by atoms with Crippen molar-refractivity contribution in [3.8, 4) is 0 Å². The Balaban J connectivity index is 1.55. The molecule has 2 amide bonds. The molecule has 24 heavy (non-hydrogen) atoms. The molecule has 0 unspecified atom stereocenters. The van der Waals surface area contributed by atoms with Gasteiger partial charge in [-0.2, -0.15) is 0 Å². The van der Waals surface area contributed by atoms with Gasteiger partial charge in [-0.25, -0.2) is 9.78 Å². The number of urea groups is 1. The van der Waals surface area contributed by atoms with Crippen LogP contribution in [0.15, 0.2) is 54.9 Å². The van der Waals surface area contributed by atoms with E-state index in [9.17, 15) is 14.9 Å². The lowest BCUT2D eigenvalue weighted by molar-refractivity contribution is -0.383. The molecule has 2 heterocycles. The highest BCUT2D eigenvalue weighted by Crippen LogP contribution is 2.22. The van der Waals surface area contributed by atoms with Crippen molar-refractivity contribution in [2.45, 2.75) is 6.42 Å². The van der Waals surface area contributed by atoms with Gasteiger partial charge in [0.25, 0.3) is 5.69 Å². The molecular formula is C16H15N5O3. The number of imidazole rings is 1. The summed E-state index contributed by atoms with van der Waals surface area (Å²) in [6, 6.07) is 11.2. The van der Waals surface area contributed by atoms with Crippen molar-refractivity contribution in [1.29, 1.82) is 0 Å². The number of pyridine rings is 1. The number of carbonyl (C=O) groups excluding carboxylic acids is 1. The SMILES string of the molecule is O=C(NCCc1cn2ccccc2n1)Nc1ccccc1[N+](=O)[O-]. The minimum Gasteiger partial charge on any atom is -0.337 e. The van der Waals surface area contributed by atoms with Crippen molar-refractivity contribution < 1.29 is 9.72 Å². The first-order chi connectivity index (χ1) is 11.6. The molecular weight excluding hydrogens is 310 g/mol. The molecule has 0 spiro atoms. The summed E-state index contributed by atoms with van der Waals surface area (Å²) in [4.78, 5) is 26.7. The molecule has 2 aromatic heterocycles. The molecule has 0 atom stereocenters. The highest BCUT2D eigenvalue weighted by atomic mass is 16.6. The molecule has 0 radical (unpaired) electrons. The van der Waals surface area contributed by atoms with Gasteiger partial charge in [0.15, 0.2) is 0 Å². The minimum absolute atomic E-state index is 0.145. The number of benzene rings is 1. The highest BCUT2D eigenvalue weighted by Gasteiger charge is 2.14. The van der Waals surface area contributed by atoms with Gasteiger partial charge in [-0.15, -0.1) is 0 Å². The van der Waals surface area contributed by atoms with Gasteiger partial charge in [-0.1, -0.05) is 18.2 Å². The topological polar surface area (TPSA) is 102 Å². The molecule has 1 aromatic carbocycles. The van der Waals surface area contributed by atoms with Crippen molar-refractivity contribution in [2.24, 2.45) is 0 Å². The van der Waals surface area contributed by atoms with Crippen LogP contribution in [0.3, 0.4) is 0 Å². The van der Waals surface area contributed by atoms with Crippen molar-refractivity contribution in [1.82, 2.24) is 14.7 Å². The number of amides is 2. The normalized spacial score (nSPS) is 10.5. The number of hydrogen-bond acceptors (Lipinski definition) is 4. The number of nitro groups is 1. The van der Waals surface area contributed by atoms with E-state index < -0.39 is 11.0 Å². The second kappa shape index (κ2) is 6.78. The second-order valence-corrected chi connectivity index (χ2v) is 5.10. The fourth-order valence-electron chi connectivity index (χ4n) is 2.32. The predicted octanol–water partition coefficient (Wildman–Crippen LogP) is 2.61. The Labute approximate surface area is 137 Å². The van der Waals surface area contributed by atoms with E-state index in [0.717, 1.165) is 11.3 Å². The summed E-state index contributed by atoms with van der Waals surface area (Å²) < 4.78 is 1.91. The first-order valence-electron chi connectivity index (χ1n) is 7.34. The Morgan fingerprint density at radius 3 is 2.79 bits per heavy atom. The van der Waals surface area contributed by atoms with Crippen molar-refractivity contribution in [2.75, 3.05) is 11.9 Å². The number of hydrogen-bond donors (Lipinski definition) is 2. The lowest BCUT2D eigenvalue weighted by Gasteiger charge is -2.07. The number of aromatic nitrogens is 2. The molecule has 0 saturated carbocycles. The van der Waals surface area contributed by atoms with Crippen LogP contribution in [0.25, 0.3) is 5.65 Å². The summed E-state index contributed by atoms with van der Waals surface area (Å²) in [6.07, 6.45) is 4.36. The first kappa shape index (κ1) is 15.5. The van der Waals surface area contributed by atoms with E-state index in [4.69, 9.17) is 0 Å². The molecule has 2 N–H and O–H groups in total. The predicted molar refractivity (Wildman–Crippen MR) is 89.0 cm³/mol. The minimum atomic E-state index is -0.535. The molecule has 0 aliphatic rings. The number of nitro benzene ring substituents is 1. The smallest absolute Gasteiger partial charge is 0.319 e. The fourth-order valence-corrected chi connectivity index (χ4v) is 2.32. The van der Waals surface area contributed by atoms with E-state index in [0.29, 0.717) is 13.0 Å². The summed E-state index contributed by atoms with van der Waals surface area (Å²) in [5.74, 6) is 0. The molecule has 122 valence electrons. The number of fused-ring (bicyclic) bond motifs is 1. The molecule has 0 fully saturated rings. The van der Waals surface area contributed by atoms with Gasteiger partial charge in [0.2, 0.25) is 0 Å². The lowest BCUT2D eigenvalue weighted by Crippen LogP contribution is -2.30.